The first-order valence-electron chi connectivity index (χ1n) is 10.4. The largest absolute Gasteiger partial charge is 0.385 e. The van der Waals surface area contributed by atoms with Gasteiger partial charge in [0, 0.05) is 40.0 Å². The molecule has 0 bridgehead atoms. The third kappa shape index (κ3) is 9.56. The average Bonchev–Trinajstić information content (AvgIpc) is 2.66. The van der Waals surface area contributed by atoms with E-state index in [2.05, 4.69) is 29.7 Å². The fourth-order valence-corrected chi connectivity index (χ4v) is 3.37. The molecule has 0 unspecified atom stereocenters. The highest BCUT2D eigenvalue weighted by molar-refractivity contribution is 14.0. The number of nitrogens with zero attached hydrogens (tertiary/aromatic N) is 1. The van der Waals surface area contributed by atoms with Crippen molar-refractivity contribution in [3.05, 3.63) is 35.9 Å². The number of aliphatic imine (C=N–C) groups is 1. The molecule has 1 aliphatic carbocycles. The topological polar surface area (TPSA) is 54.9 Å². The molecule has 1 saturated carbocycles. The normalized spacial score (nSPS) is 15.4. The van der Waals surface area contributed by atoms with E-state index in [1.54, 1.807) is 7.11 Å². The zero-order valence-electron chi connectivity index (χ0n) is 17.5. The summed E-state index contributed by atoms with van der Waals surface area (Å²) < 4.78 is 11.0. The zero-order chi connectivity index (χ0) is 19.2. The van der Waals surface area contributed by atoms with Crippen LogP contribution >= 0.6 is 24.0 Å². The molecule has 6 heteroatoms. The Morgan fingerprint density at radius 3 is 2.54 bits per heavy atom. The van der Waals surface area contributed by atoms with E-state index in [9.17, 15) is 0 Å². The number of unbranched alkanes of at least 4 members (excludes halogenated alkanes) is 1. The van der Waals surface area contributed by atoms with E-state index in [1.807, 2.05) is 18.2 Å². The lowest BCUT2D eigenvalue weighted by Crippen LogP contribution is -2.40. The molecule has 0 atom stereocenters. The number of rotatable bonds is 13. The van der Waals surface area contributed by atoms with Crippen LogP contribution in [0.3, 0.4) is 0 Å². The van der Waals surface area contributed by atoms with Crippen LogP contribution in [0, 0.1) is 5.41 Å². The molecule has 0 aromatic heterocycles. The van der Waals surface area contributed by atoms with Gasteiger partial charge in [0.15, 0.2) is 5.96 Å². The maximum Gasteiger partial charge on any atom is 0.191 e. The number of benzene rings is 1. The standard InChI is InChI=1S/C22H37N3O2.HI/c1-3-23-21(25-19-22(12-9-13-22)14-17-26-2)24-15-7-8-16-27-18-20-10-5-4-6-11-20;/h4-6,10-11H,3,7-9,12-19H2,1-2H3,(H2,23,24,25);1H. The Balaban J connectivity index is 0.00000392. The summed E-state index contributed by atoms with van der Waals surface area (Å²) in [5.74, 6) is 0.936. The molecule has 0 saturated heterocycles. The van der Waals surface area contributed by atoms with Crippen LogP contribution in [-0.2, 0) is 16.1 Å². The molecule has 2 rings (SSSR count). The number of hydrogen-bond acceptors (Lipinski definition) is 3. The van der Waals surface area contributed by atoms with E-state index in [1.165, 1.54) is 24.8 Å². The fraction of sp³-hybridized carbons (Fsp3) is 0.682. The van der Waals surface area contributed by atoms with E-state index in [0.29, 0.717) is 12.0 Å². The van der Waals surface area contributed by atoms with Gasteiger partial charge >= 0.3 is 0 Å². The first-order chi connectivity index (χ1) is 13.3. The second-order valence-electron chi connectivity index (χ2n) is 7.46. The minimum atomic E-state index is 0. The van der Waals surface area contributed by atoms with Crippen molar-refractivity contribution >= 4 is 29.9 Å². The first kappa shape index (κ1) is 25.2. The second-order valence-corrected chi connectivity index (χ2v) is 7.46. The van der Waals surface area contributed by atoms with Gasteiger partial charge in [-0.2, -0.15) is 0 Å². The molecule has 0 heterocycles. The van der Waals surface area contributed by atoms with Crippen molar-refractivity contribution in [2.45, 2.75) is 52.1 Å². The SMILES string of the molecule is CCNC(=NCC1(CCOC)CCC1)NCCCCOCc1ccccc1.I. The van der Waals surface area contributed by atoms with E-state index in [4.69, 9.17) is 14.5 Å². The molecular formula is C22H38IN3O2. The number of guanidine groups is 1. The van der Waals surface area contributed by atoms with Crippen molar-refractivity contribution in [3.8, 4) is 0 Å². The number of methoxy groups -OCH3 is 1. The summed E-state index contributed by atoms with van der Waals surface area (Å²) in [6.07, 6.45) is 7.12. The molecule has 0 radical (unpaired) electrons. The number of hydrogen-bond donors (Lipinski definition) is 2. The Hall–Kier alpha value is -0.860. The third-order valence-corrected chi connectivity index (χ3v) is 5.29. The Bertz CT molecular complexity index is 536. The second kappa shape index (κ2) is 15.0. The maximum atomic E-state index is 5.74. The predicted molar refractivity (Wildman–Crippen MR) is 128 cm³/mol. The average molecular weight is 503 g/mol. The Morgan fingerprint density at radius 2 is 1.89 bits per heavy atom. The van der Waals surface area contributed by atoms with Crippen molar-refractivity contribution in [2.75, 3.05) is 40.0 Å². The Labute approximate surface area is 188 Å². The van der Waals surface area contributed by atoms with Gasteiger partial charge in [-0.05, 0) is 50.0 Å². The molecule has 160 valence electrons. The Kier molecular flexibility index (Phi) is 13.5. The van der Waals surface area contributed by atoms with Gasteiger partial charge in [0.2, 0.25) is 0 Å². The summed E-state index contributed by atoms with van der Waals surface area (Å²) in [5, 5.41) is 6.82. The maximum absolute atomic E-state index is 5.74. The molecule has 1 aromatic rings. The van der Waals surface area contributed by atoms with E-state index >= 15 is 0 Å². The highest BCUT2D eigenvalue weighted by Crippen LogP contribution is 2.44. The van der Waals surface area contributed by atoms with Gasteiger partial charge in [0.1, 0.15) is 0 Å². The lowest BCUT2D eigenvalue weighted by atomic mass is 9.67. The van der Waals surface area contributed by atoms with Gasteiger partial charge in [0.25, 0.3) is 0 Å². The molecule has 1 aliphatic rings. The van der Waals surface area contributed by atoms with Crippen LogP contribution < -0.4 is 10.6 Å². The van der Waals surface area contributed by atoms with Crippen molar-refractivity contribution in [1.82, 2.24) is 10.6 Å². The molecule has 2 N–H and O–H groups in total. The zero-order valence-corrected chi connectivity index (χ0v) is 19.9. The van der Waals surface area contributed by atoms with E-state index in [-0.39, 0.29) is 24.0 Å². The number of ether oxygens (including phenoxy) is 2. The van der Waals surface area contributed by atoms with Crippen LogP contribution in [0.5, 0.6) is 0 Å². The summed E-state index contributed by atoms with van der Waals surface area (Å²) in [6.45, 7) is 7.14. The molecule has 28 heavy (non-hydrogen) atoms. The van der Waals surface area contributed by atoms with Gasteiger partial charge in [-0.3, -0.25) is 4.99 Å². The van der Waals surface area contributed by atoms with Crippen LogP contribution in [0.2, 0.25) is 0 Å². The molecule has 0 aliphatic heterocycles. The quantitative estimate of drug-likeness (QED) is 0.182. The van der Waals surface area contributed by atoms with Crippen molar-refractivity contribution in [3.63, 3.8) is 0 Å². The molecule has 1 aromatic carbocycles. The third-order valence-electron chi connectivity index (χ3n) is 5.29. The van der Waals surface area contributed by atoms with Gasteiger partial charge in [-0.1, -0.05) is 36.8 Å². The fourth-order valence-electron chi connectivity index (χ4n) is 3.37. The summed E-state index contributed by atoms with van der Waals surface area (Å²) in [4.78, 5) is 4.84. The predicted octanol–water partition coefficient (Wildman–Crippen LogP) is 4.36. The van der Waals surface area contributed by atoms with E-state index in [0.717, 1.165) is 58.1 Å². The van der Waals surface area contributed by atoms with Crippen LogP contribution in [0.15, 0.2) is 35.3 Å². The van der Waals surface area contributed by atoms with Crippen molar-refractivity contribution in [1.29, 1.82) is 0 Å². The molecular weight excluding hydrogens is 465 g/mol. The summed E-state index contributed by atoms with van der Waals surface area (Å²) >= 11 is 0. The van der Waals surface area contributed by atoms with Crippen LogP contribution in [-0.4, -0.2) is 45.9 Å². The number of halogens is 1. The number of nitrogens with one attached hydrogen (secondary N) is 2. The van der Waals surface area contributed by atoms with Gasteiger partial charge < -0.3 is 20.1 Å². The smallest absolute Gasteiger partial charge is 0.191 e. The highest BCUT2D eigenvalue weighted by Gasteiger charge is 2.36. The summed E-state index contributed by atoms with van der Waals surface area (Å²) in [6, 6.07) is 10.3. The molecule has 0 amide bonds. The molecule has 5 nitrogen and oxygen atoms in total. The van der Waals surface area contributed by atoms with Crippen LogP contribution in [0.25, 0.3) is 0 Å². The monoisotopic (exact) mass is 503 g/mol. The summed E-state index contributed by atoms with van der Waals surface area (Å²) in [7, 11) is 1.78. The highest BCUT2D eigenvalue weighted by atomic mass is 127. The lowest BCUT2D eigenvalue weighted by Gasteiger charge is -2.40. The van der Waals surface area contributed by atoms with Gasteiger partial charge in [0.05, 0.1) is 6.61 Å². The summed E-state index contributed by atoms with van der Waals surface area (Å²) in [5.41, 5.74) is 1.60. The van der Waals surface area contributed by atoms with Crippen molar-refractivity contribution in [2.24, 2.45) is 10.4 Å². The van der Waals surface area contributed by atoms with Crippen molar-refractivity contribution < 1.29 is 9.47 Å². The Morgan fingerprint density at radius 1 is 1.11 bits per heavy atom. The van der Waals surface area contributed by atoms with Gasteiger partial charge in [-0.15, -0.1) is 24.0 Å². The van der Waals surface area contributed by atoms with Gasteiger partial charge in [-0.25, -0.2) is 0 Å². The van der Waals surface area contributed by atoms with Crippen LogP contribution in [0.1, 0.15) is 51.0 Å². The first-order valence-corrected chi connectivity index (χ1v) is 10.4. The minimum Gasteiger partial charge on any atom is -0.385 e. The lowest BCUT2D eigenvalue weighted by molar-refractivity contribution is 0.0778. The molecule has 1 fully saturated rings. The minimum absolute atomic E-state index is 0. The molecule has 0 spiro atoms. The van der Waals surface area contributed by atoms with Crippen LogP contribution in [0.4, 0.5) is 0 Å². The van der Waals surface area contributed by atoms with E-state index < -0.39 is 0 Å².